The van der Waals surface area contributed by atoms with E-state index < -0.39 is 10.0 Å². The summed E-state index contributed by atoms with van der Waals surface area (Å²) in [5.41, 5.74) is 3.05. The first-order valence-electron chi connectivity index (χ1n) is 8.11. The molecular weight excluding hydrogens is 358 g/mol. The molecule has 25 heavy (non-hydrogen) atoms. The van der Waals surface area contributed by atoms with Crippen LogP contribution in [0.15, 0.2) is 29.6 Å². The molecule has 6 nitrogen and oxygen atoms in total. The van der Waals surface area contributed by atoms with Crippen molar-refractivity contribution < 1.29 is 13.2 Å². The Labute approximate surface area is 151 Å². The third-order valence-corrected chi connectivity index (χ3v) is 6.44. The fourth-order valence-corrected chi connectivity index (χ4v) is 4.44. The number of aryl methyl sites for hydroxylation is 1. The van der Waals surface area contributed by atoms with E-state index >= 15 is 0 Å². The zero-order valence-corrected chi connectivity index (χ0v) is 15.9. The highest BCUT2D eigenvalue weighted by Crippen LogP contribution is 2.27. The summed E-state index contributed by atoms with van der Waals surface area (Å²) in [7, 11) is -3.17. The monoisotopic (exact) mass is 379 g/mol. The first-order chi connectivity index (χ1) is 11.8. The first-order valence-corrected chi connectivity index (χ1v) is 10.8. The highest BCUT2D eigenvalue weighted by molar-refractivity contribution is 7.88. The molecule has 1 aliphatic heterocycles. The van der Waals surface area contributed by atoms with Crippen molar-refractivity contribution in [2.75, 3.05) is 24.7 Å². The summed E-state index contributed by atoms with van der Waals surface area (Å²) >= 11 is 1.40. The minimum atomic E-state index is -3.17. The predicted molar refractivity (Wildman–Crippen MR) is 100 cm³/mol. The lowest BCUT2D eigenvalue weighted by Gasteiger charge is -2.29. The molecule has 2 aromatic rings. The van der Waals surface area contributed by atoms with Crippen molar-refractivity contribution >= 4 is 32.4 Å². The number of hydrogen-bond acceptors (Lipinski definition) is 5. The molecule has 0 unspecified atom stereocenters. The summed E-state index contributed by atoms with van der Waals surface area (Å²) in [6.45, 7) is 2.82. The molecule has 1 N–H and O–H groups in total. The highest BCUT2D eigenvalue weighted by atomic mass is 32.2. The Hall–Kier alpha value is -1.77. The van der Waals surface area contributed by atoms with Gasteiger partial charge in [0.25, 0.3) is 0 Å². The van der Waals surface area contributed by atoms with Crippen LogP contribution in [0.1, 0.15) is 18.4 Å². The van der Waals surface area contributed by atoms with Crippen LogP contribution < -0.4 is 5.32 Å². The van der Waals surface area contributed by atoms with Crippen LogP contribution in [0.2, 0.25) is 0 Å². The number of benzene rings is 1. The second-order valence-corrected chi connectivity index (χ2v) is 9.17. The standard InChI is InChI=1S/C17H21N3O3S2/c1-12-3-5-13(6-4-12)15-11-24-17(18-15)19-16(21)14-7-9-20(10-8-14)25(2,22)23/h3-6,11,14H,7-10H2,1-2H3,(H,18,19,21). The van der Waals surface area contributed by atoms with Crippen molar-refractivity contribution in [2.45, 2.75) is 19.8 Å². The Balaban J connectivity index is 1.60. The number of hydrogen-bond donors (Lipinski definition) is 1. The fraction of sp³-hybridized carbons (Fsp3) is 0.412. The van der Waals surface area contributed by atoms with Gasteiger partial charge in [-0.2, -0.15) is 0 Å². The van der Waals surface area contributed by atoms with E-state index in [1.54, 1.807) is 0 Å². The van der Waals surface area contributed by atoms with Gasteiger partial charge in [-0.05, 0) is 19.8 Å². The van der Waals surface area contributed by atoms with Crippen LogP contribution in [0.25, 0.3) is 11.3 Å². The van der Waals surface area contributed by atoms with Gasteiger partial charge < -0.3 is 5.32 Å². The van der Waals surface area contributed by atoms with Gasteiger partial charge in [0.15, 0.2) is 5.13 Å². The average Bonchev–Trinajstić information content (AvgIpc) is 3.03. The maximum absolute atomic E-state index is 12.4. The van der Waals surface area contributed by atoms with E-state index in [1.165, 1.54) is 27.5 Å². The average molecular weight is 380 g/mol. The molecule has 0 radical (unpaired) electrons. The van der Waals surface area contributed by atoms with Gasteiger partial charge in [0.05, 0.1) is 11.9 Å². The first kappa shape index (κ1) is 18.0. The van der Waals surface area contributed by atoms with Crippen molar-refractivity contribution in [3.05, 3.63) is 35.2 Å². The number of piperidine rings is 1. The van der Waals surface area contributed by atoms with Crippen molar-refractivity contribution in [3.63, 3.8) is 0 Å². The number of aromatic nitrogens is 1. The number of sulfonamides is 1. The lowest BCUT2D eigenvalue weighted by molar-refractivity contribution is -0.120. The molecule has 8 heteroatoms. The van der Waals surface area contributed by atoms with Crippen LogP contribution in [0, 0.1) is 12.8 Å². The molecule has 0 saturated carbocycles. The third kappa shape index (κ3) is 4.45. The van der Waals surface area contributed by atoms with Gasteiger partial charge in [-0.1, -0.05) is 29.8 Å². The number of anilines is 1. The zero-order valence-electron chi connectivity index (χ0n) is 14.2. The molecule has 1 amide bonds. The van der Waals surface area contributed by atoms with Crippen LogP contribution in [0.3, 0.4) is 0 Å². The number of nitrogens with zero attached hydrogens (tertiary/aromatic N) is 2. The molecule has 1 aliphatic rings. The molecule has 2 heterocycles. The van der Waals surface area contributed by atoms with Gasteiger partial charge in [-0.25, -0.2) is 17.7 Å². The number of rotatable bonds is 4. The predicted octanol–water partition coefficient (Wildman–Crippen LogP) is 2.73. The molecule has 1 saturated heterocycles. The zero-order chi connectivity index (χ0) is 18.0. The second kappa shape index (κ2) is 7.23. The number of thiazole rings is 1. The molecule has 0 bridgehead atoms. The van der Waals surface area contributed by atoms with Gasteiger partial charge >= 0.3 is 0 Å². The Morgan fingerprint density at radius 1 is 1.24 bits per heavy atom. The van der Waals surface area contributed by atoms with E-state index in [4.69, 9.17) is 0 Å². The Bertz CT molecular complexity index is 852. The molecular formula is C17H21N3O3S2. The van der Waals surface area contributed by atoms with Crippen molar-refractivity contribution in [2.24, 2.45) is 5.92 Å². The summed E-state index contributed by atoms with van der Waals surface area (Å²) < 4.78 is 24.5. The maximum atomic E-state index is 12.4. The van der Waals surface area contributed by atoms with Gasteiger partial charge in [0, 0.05) is 30.0 Å². The number of amides is 1. The minimum absolute atomic E-state index is 0.0852. The number of carbonyl (C=O) groups excluding carboxylic acids is 1. The van der Waals surface area contributed by atoms with Crippen LogP contribution >= 0.6 is 11.3 Å². The molecule has 0 atom stereocenters. The lowest BCUT2D eigenvalue weighted by atomic mass is 9.97. The van der Waals surface area contributed by atoms with E-state index in [-0.39, 0.29) is 11.8 Å². The Kier molecular flexibility index (Phi) is 5.21. The van der Waals surface area contributed by atoms with E-state index in [1.807, 2.05) is 36.6 Å². The Morgan fingerprint density at radius 3 is 2.48 bits per heavy atom. The quantitative estimate of drug-likeness (QED) is 0.886. The summed E-state index contributed by atoms with van der Waals surface area (Å²) in [6, 6.07) is 8.08. The van der Waals surface area contributed by atoms with E-state index in [9.17, 15) is 13.2 Å². The normalized spacial score (nSPS) is 16.7. The van der Waals surface area contributed by atoms with Crippen molar-refractivity contribution in [1.29, 1.82) is 0 Å². The molecule has 0 aliphatic carbocycles. The van der Waals surface area contributed by atoms with Crippen LogP contribution in [0.4, 0.5) is 5.13 Å². The van der Waals surface area contributed by atoms with Gasteiger partial charge in [0.1, 0.15) is 0 Å². The summed E-state index contributed by atoms with van der Waals surface area (Å²) in [5.74, 6) is -0.261. The lowest BCUT2D eigenvalue weighted by Crippen LogP contribution is -2.40. The van der Waals surface area contributed by atoms with Crippen LogP contribution in [-0.2, 0) is 14.8 Å². The topological polar surface area (TPSA) is 79.4 Å². The largest absolute Gasteiger partial charge is 0.302 e. The SMILES string of the molecule is Cc1ccc(-c2csc(NC(=O)C3CCN(S(C)(=O)=O)CC3)n2)cc1. The summed E-state index contributed by atoms with van der Waals surface area (Å²) in [5, 5.41) is 5.37. The molecule has 0 spiro atoms. The Morgan fingerprint density at radius 2 is 1.88 bits per heavy atom. The van der Waals surface area contributed by atoms with Crippen molar-refractivity contribution in [3.8, 4) is 11.3 Å². The maximum Gasteiger partial charge on any atom is 0.229 e. The molecule has 1 aromatic carbocycles. The van der Waals surface area contributed by atoms with Crippen LogP contribution in [-0.4, -0.2) is 43.0 Å². The van der Waals surface area contributed by atoms with Crippen molar-refractivity contribution in [1.82, 2.24) is 9.29 Å². The van der Waals surface area contributed by atoms with Gasteiger partial charge in [-0.3, -0.25) is 4.79 Å². The molecule has 3 rings (SSSR count). The second-order valence-electron chi connectivity index (χ2n) is 6.33. The van der Waals surface area contributed by atoms with Gasteiger partial charge in [-0.15, -0.1) is 11.3 Å². The number of nitrogens with one attached hydrogen (secondary N) is 1. The molecule has 134 valence electrons. The van der Waals surface area contributed by atoms with Gasteiger partial charge in [0.2, 0.25) is 15.9 Å². The highest BCUT2D eigenvalue weighted by Gasteiger charge is 2.29. The molecule has 1 aromatic heterocycles. The van der Waals surface area contributed by atoms with Crippen LogP contribution in [0.5, 0.6) is 0 Å². The third-order valence-electron chi connectivity index (χ3n) is 4.38. The van der Waals surface area contributed by atoms with E-state index in [0.717, 1.165) is 11.3 Å². The summed E-state index contributed by atoms with van der Waals surface area (Å²) in [4.78, 5) is 16.9. The number of carbonyl (C=O) groups is 1. The fourth-order valence-electron chi connectivity index (χ4n) is 2.85. The van der Waals surface area contributed by atoms with E-state index in [0.29, 0.717) is 31.1 Å². The smallest absolute Gasteiger partial charge is 0.229 e. The van der Waals surface area contributed by atoms with E-state index in [2.05, 4.69) is 10.3 Å². The molecule has 1 fully saturated rings. The minimum Gasteiger partial charge on any atom is -0.302 e. The summed E-state index contributed by atoms with van der Waals surface area (Å²) in [6.07, 6.45) is 2.28.